The molecule has 0 aliphatic rings. The molecule has 0 atom stereocenters. The van der Waals surface area contributed by atoms with Crippen LogP contribution in [0.25, 0.3) is 0 Å². The summed E-state index contributed by atoms with van der Waals surface area (Å²) in [5.74, 6) is 1.23. The molecule has 0 amide bonds. The molecule has 1 aromatic heterocycles. The molecule has 0 aliphatic heterocycles. The Morgan fingerprint density at radius 3 is 2.30 bits per heavy atom. The standard InChI is InChI=1S/C7H10O3/c1-5-6(8-2)4-10-7(5)9-3/h4H,1-3H3. The molecule has 3 heteroatoms. The minimum Gasteiger partial charge on any atom is -0.493 e. The zero-order chi connectivity index (χ0) is 7.56. The lowest BCUT2D eigenvalue weighted by molar-refractivity contribution is 0.302. The Morgan fingerprint density at radius 1 is 1.30 bits per heavy atom. The third kappa shape index (κ3) is 0.943. The number of furan rings is 1. The highest BCUT2D eigenvalue weighted by Crippen LogP contribution is 2.28. The molecule has 0 radical (unpaired) electrons. The first kappa shape index (κ1) is 6.99. The lowest BCUT2D eigenvalue weighted by Gasteiger charge is -1.95. The van der Waals surface area contributed by atoms with Crippen LogP contribution in [0.15, 0.2) is 10.7 Å². The van der Waals surface area contributed by atoms with Gasteiger partial charge in [0.2, 0.25) is 0 Å². The Bertz CT molecular complexity index is 193. The van der Waals surface area contributed by atoms with Crippen LogP contribution >= 0.6 is 0 Å². The van der Waals surface area contributed by atoms with Gasteiger partial charge in [0.25, 0.3) is 5.95 Å². The van der Waals surface area contributed by atoms with Crippen molar-refractivity contribution in [2.45, 2.75) is 6.92 Å². The fourth-order valence-electron chi connectivity index (χ4n) is 0.787. The van der Waals surface area contributed by atoms with E-state index in [1.807, 2.05) is 6.92 Å². The van der Waals surface area contributed by atoms with Gasteiger partial charge in [0.1, 0.15) is 6.26 Å². The van der Waals surface area contributed by atoms with Crippen molar-refractivity contribution in [3.05, 3.63) is 11.8 Å². The van der Waals surface area contributed by atoms with Gasteiger partial charge in [-0.2, -0.15) is 0 Å². The largest absolute Gasteiger partial charge is 0.493 e. The molecule has 0 saturated heterocycles. The normalized spacial score (nSPS) is 9.50. The Morgan fingerprint density at radius 2 is 2.00 bits per heavy atom. The molecule has 0 aromatic carbocycles. The van der Waals surface area contributed by atoms with E-state index in [2.05, 4.69) is 0 Å². The highest BCUT2D eigenvalue weighted by Gasteiger charge is 2.08. The molecule has 1 aromatic rings. The van der Waals surface area contributed by atoms with Crippen LogP contribution in [-0.2, 0) is 0 Å². The van der Waals surface area contributed by atoms with Crippen molar-refractivity contribution in [1.82, 2.24) is 0 Å². The number of methoxy groups -OCH3 is 2. The molecule has 3 nitrogen and oxygen atoms in total. The summed E-state index contributed by atoms with van der Waals surface area (Å²) in [5, 5.41) is 0. The summed E-state index contributed by atoms with van der Waals surface area (Å²) in [6.45, 7) is 1.88. The molecule has 0 aliphatic carbocycles. The Balaban J connectivity index is 2.97. The van der Waals surface area contributed by atoms with E-state index < -0.39 is 0 Å². The Hall–Kier alpha value is -1.12. The Labute approximate surface area is 59.5 Å². The molecule has 0 N–H and O–H groups in total. The zero-order valence-corrected chi connectivity index (χ0v) is 6.30. The second kappa shape index (κ2) is 2.64. The second-order valence-corrected chi connectivity index (χ2v) is 1.92. The first-order valence-corrected chi connectivity index (χ1v) is 2.95. The van der Waals surface area contributed by atoms with Crippen molar-refractivity contribution in [1.29, 1.82) is 0 Å². The summed E-state index contributed by atoms with van der Waals surface area (Å²) in [4.78, 5) is 0. The lowest BCUT2D eigenvalue weighted by atomic mass is 10.3. The summed E-state index contributed by atoms with van der Waals surface area (Å²) in [6.07, 6.45) is 1.52. The minimum atomic E-state index is 0.511. The van der Waals surface area contributed by atoms with Gasteiger partial charge in [-0.05, 0) is 6.92 Å². The van der Waals surface area contributed by atoms with Crippen LogP contribution in [0.3, 0.4) is 0 Å². The van der Waals surface area contributed by atoms with Crippen LogP contribution in [0, 0.1) is 6.92 Å². The van der Waals surface area contributed by atoms with Crippen molar-refractivity contribution in [2.24, 2.45) is 0 Å². The molecule has 1 heterocycles. The van der Waals surface area contributed by atoms with Gasteiger partial charge in [-0.25, -0.2) is 0 Å². The second-order valence-electron chi connectivity index (χ2n) is 1.92. The predicted octanol–water partition coefficient (Wildman–Crippen LogP) is 1.61. The summed E-state index contributed by atoms with van der Waals surface area (Å²) in [5.41, 5.74) is 0.894. The van der Waals surface area contributed by atoms with E-state index in [-0.39, 0.29) is 0 Å². The molecule has 56 valence electrons. The fourth-order valence-corrected chi connectivity index (χ4v) is 0.787. The monoisotopic (exact) mass is 142 g/mol. The van der Waals surface area contributed by atoms with Crippen LogP contribution in [-0.4, -0.2) is 14.2 Å². The average molecular weight is 142 g/mol. The molecular formula is C7H10O3. The SMILES string of the molecule is COc1coc(OC)c1C. The molecule has 0 fully saturated rings. The van der Waals surface area contributed by atoms with E-state index in [4.69, 9.17) is 13.9 Å². The van der Waals surface area contributed by atoms with Crippen LogP contribution in [0.1, 0.15) is 5.56 Å². The topological polar surface area (TPSA) is 31.6 Å². The first-order chi connectivity index (χ1) is 4.79. The summed E-state index contributed by atoms with van der Waals surface area (Å²) in [6, 6.07) is 0. The van der Waals surface area contributed by atoms with E-state index in [0.29, 0.717) is 5.95 Å². The van der Waals surface area contributed by atoms with E-state index in [1.165, 1.54) is 6.26 Å². The maximum Gasteiger partial charge on any atom is 0.290 e. The molecule has 0 unspecified atom stereocenters. The van der Waals surface area contributed by atoms with Gasteiger partial charge in [0.05, 0.1) is 19.8 Å². The number of hydrogen-bond acceptors (Lipinski definition) is 3. The van der Waals surface area contributed by atoms with Gasteiger partial charge in [0.15, 0.2) is 5.75 Å². The third-order valence-corrected chi connectivity index (χ3v) is 1.35. The summed E-state index contributed by atoms with van der Waals surface area (Å²) < 4.78 is 14.8. The molecule has 10 heavy (non-hydrogen) atoms. The van der Waals surface area contributed by atoms with E-state index in [1.54, 1.807) is 14.2 Å². The van der Waals surface area contributed by atoms with Crippen LogP contribution in [0.5, 0.6) is 11.7 Å². The van der Waals surface area contributed by atoms with E-state index in [9.17, 15) is 0 Å². The molecule has 0 bridgehead atoms. The van der Waals surface area contributed by atoms with Gasteiger partial charge >= 0.3 is 0 Å². The summed E-state index contributed by atoms with van der Waals surface area (Å²) in [7, 11) is 3.16. The quantitative estimate of drug-likeness (QED) is 0.628. The van der Waals surface area contributed by atoms with E-state index >= 15 is 0 Å². The average Bonchev–Trinajstić information content (AvgIpc) is 2.30. The van der Waals surface area contributed by atoms with Crippen LogP contribution in [0.2, 0.25) is 0 Å². The lowest BCUT2D eigenvalue weighted by Crippen LogP contribution is -1.84. The molecule has 0 spiro atoms. The number of rotatable bonds is 2. The molecule has 1 rings (SSSR count). The van der Waals surface area contributed by atoms with Crippen LogP contribution in [0.4, 0.5) is 0 Å². The molecule has 0 saturated carbocycles. The number of ether oxygens (including phenoxy) is 2. The van der Waals surface area contributed by atoms with Gasteiger partial charge < -0.3 is 13.9 Å². The highest BCUT2D eigenvalue weighted by molar-refractivity contribution is 5.35. The maximum atomic E-state index is 4.99. The van der Waals surface area contributed by atoms with Crippen molar-refractivity contribution in [3.63, 3.8) is 0 Å². The molecular weight excluding hydrogens is 132 g/mol. The predicted molar refractivity (Wildman–Crippen MR) is 36.5 cm³/mol. The number of hydrogen-bond donors (Lipinski definition) is 0. The van der Waals surface area contributed by atoms with Gasteiger partial charge in [0, 0.05) is 0 Å². The highest BCUT2D eigenvalue weighted by atomic mass is 16.6. The minimum absolute atomic E-state index is 0.511. The van der Waals surface area contributed by atoms with Crippen molar-refractivity contribution < 1.29 is 13.9 Å². The maximum absolute atomic E-state index is 4.99. The van der Waals surface area contributed by atoms with E-state index in [0.717, 1.165) is 11.3 Å². The Kier molecular flexibility index (Phi) is 1.85. The zero-order valence-electron chi connectivity index (χ0n) is 6.30. The van der Waals surface area contributed by atoms with Crippen molar-refractivity contribution >= 4 is 0 Å². The van der Waals surface area contributed by atoms with Crippen molar-refractivity contribution in [3.8, 4) is 11.7 Å². The van der Waals surface area contributed by atoms with Crippen LogP contribution < -0.4 is 9.47 Å². The van der Waals surface area contributed by atoms with Crippen molar-refractivity contribution in [2.75, 3.05) is 14.2 Å². The summed E-state index contributed by atoms with van der Waals surface area (Å²) >= 11 is 0. The first-order valence-electron chi connectivity index (χ1n) is 2.95. The van der Waals surface area contributed by atoms with Gasteiger partial charge in [-0.3, -0.25) is 0 Å². The van der Waals surface area contributed by atoms with Gasteiger partial charge in [-0.1, -0.05) is 0 Å². The fraction of sp³-hybridized carbons (Fsp3) is 0.429. The smallest absolute Gasteiger partial charge is 0.290 e. The van der Waals surface area contributed by atoms with Gasteiger partial charge in [-0.15, -0.1) is 0 Å². The third-order valence-electron chi connectivity index (χ3n) is 1.35.